The first-order valence-corrected chi connectivity index (χ1v) is 5.69. The van der Waals surface area contributed by atoms with E-state index in [0.29, 0.717) is 17.1 Å². The molecule has 0 radical (unpaired) electrons. The Morgan fingerprint density at radius 1 is 1.20 bits per heavy atom. The van der Waals surface area contributed by atoms with Gasteiger partial charge in [-0.05, 0) is 38.1 Å². The van der Waals surface area contributed by atoms with Crippen LogP contribution >= 0.6 is 0 Å². The van der Waals surface area contributed by atoms with Gasteiger partial charge in [0.1, 0.15) is 5.56 Å². The van der Waals surface area contributed by atoms with Crippen LogP contribution in [0.1, 0.15) is 27.3 Å². The van der Waals surface area contributed by atoms with Crippen LogP contribution in [0.5, 0.6) is 0 Å². The Morgan fingerprint density at radius 2 is 1.75 bits per heavy atom. The monoisotopic (exact) mass is 284 g/mol. The number of benzene rings is 1. The Morgan fingerprint density at radius 3 is 2.15 bits per heavy atom. The van der Waals surface area contributed by atoms with Gasteiger partial charge in [0.25, 0.3) is 0 Å². The van der Waals surface area contributed by atoms with Crippen LogP contribution in [-0.4, -0.2) is 20.9 Å². The lowest BCUT2D eigenvalue weighted by Gasteiger charge is -2.08. The van der Waals surface area contributed by atoms with E-state index in [-0.39, 0.29) is 5.56 Å². The molecule has 0 unspecified atom stereocenters. The summed E-state index contributed by atoms with van der Waals surface area (Å²) in [7, 11) is 0. The van der Waals surface area contributed by atoms with Crippen LogP contribution in [0.4, 0.5) is 13.2 Å². The second-order valence-electron chi connectivity index (χ2n) is 4.31. The highest BCUT2D eigenvalue weighted by atomic mass is 19.4. The number of carbonyl (C=O) groups is 1. The van der Waals surface area contributed by atoms with Crippen molar-refractivity contribution in [3.8, 4) is 5.69 Å². The molecule has 0 aliphatic carbocycles. The number of aromatic carboxylic acids is 1. The molecule has 0 saturated heterocycles. The summed E-state index contributed by atoms with van der Waals surface area (Å²) in [5.41, 5.74) is 0.363. The number of aryl methyl sites for hydroxylation is 1. The van der Waals surface area contributed by atoms with Crippen molar-refractivity contribution in [3.05, 3.63) is 46.8 Å². The van der Waals surface area contributed by atoms with Gasteiger partial charge >= 0.3 is 12.1 Å². The highest BCUT2D eigenvalue weighted by Crippen LogP contribution is 2.30. The molecule has 0 amide bonds. The second-order valence-corrected chi connectivity index (χ2v) is 4.31. The Balaban J connectivity index is 2.48. The van der Waals surface area contributed by atoms with Gasteiger partial charge < -0.3 is 5.11 Å². The van der Waals surface area contributed by atoms with Crippen molar-refractivity contribution in [1.29, 1.82) is 0 Å². The van der Waals surface area contributed by atoms with Gasteiger partial charge in [-0.1, -0.05) is 0 Å². The largest absolute Gasteiger partial charge is 0.478 e. The molecule has 1 N–H and O–H groups in total. The predicted molar refractivity (Wildman–Crippen MR) is 65.0 cm³/mol. The SMILES string of the molecule is Cc1nn(-c2ccc(C(F)(F)F)cc2)c(C)c1C(=O)O. The van der Waals surface area contributed by atoms with Gasteiger partial charge in [-0.15, -0.1) is 0 Å². The number of hydrogen-bond donors (Lipinski definition) is 1. The number of carboxylic acid groups (broad SMARTS) is 1. The molecule has 0 saturated carbocycles. The number of aromatic nitrogens is 2. The van der Waals surface area contributed by atoms with Crippen molar-refractivity contribution >= 4 is 5.97 Å². The summed E-state index contributed by atoms with van der Waals surface area (Å²) < 4.78 is 38.7. The number of hydrogen-bond acceptors (Lipinski definition) is 2. The normalized spacial score (nSPS) is 11.7. The summed E-state index contributed by atoms with van der Waals surface area (Å²) in [6, 6.07) is 4.39. The van der Waals surface area contributed by atoms with E-state index in [2.05, 4.69) is 5.10 Å². The zero-order valence-electron chi connectivity index (χ0n) is 10.7. The lowest BCUT2D eigenvalue weighted by atomic mass is 10.2. The molecule has 0 atom stereocenters. The van der Waals surface area contributed by atoms with E-state index in [1.54, 1.807) is 6.92 Å². The molecule has 1 heterocycles. The van der Waals surface area contributed by atoms with Crippen molar-refractivity contribution in [3.63, 3.8) is 0 Å². The van der Waals surface area contributed by atoms with Crippen LogP contribution in [0.15, 0.2) is 24.3 Å². The number of rotatable bonds is 2. The minimum atomic E-state index is -4.40. The standard InChI is InChI=1S/C13H11F3N2O2/c1-7-11(12(19)20)8(2)18(17-7)10-5-3-9(4-6-10)13(14,15)16/h3-6H,1-2H3,(H,19,20). The van der Waals surface area contributed by atoms with Crippen LogP contribution in [-0.2, 0) is 6.18 Å². The Labute approximate surface area is 112 Å². The van der Waals surface area contributed by atoms with Gasteiger partial charge in [-0.2, -0.15) is 18.3 Å². The van der Waals surface area contributed by atoms with Crippen molar-refractivity contribution in [2.45, 2.75) is 20.0 Å². The maximum atomic E-state index is 12.5. The Hall–Kier alpha value is -2.31. The molecule has 0 aliphatic rings. The number of halogens is 3. The third-order valence-corrected chi connectivity index (χ3v) is 2.94. The molecule has 20 heavy (non-hydrogen) atoms. The minimum Gasteiger partial charge on any atom is -0.478 e. The quantitative estimate of drug-likeness (QED) is 0.921. The smallest absolute Gasteiger partial charge is 0.416 e. The molecule has 2 aromatic rings. The maximum Gasteiger partial charge on any atom is 0.416 e. The summed E-state index contributed by atoms with van der Waals surface area (Å²) >= 11 is 0. The first kappa shape index (κ1) is 14.1. The summed E-state index contributed by atoms with van der Waals surface area (Å²) in [6.45, 7) is 3.10. The van der Waals surface area contributed by atoms with Crippen LogP contribution < -0.4 is 0 Å². The Bertz CT molecular complexity index is 657. The fraction of sp³-hybridized carbons (Fsp3) is 0.231. The average Bonchev–Trinajstić information content (AvgIpc) is 2.64. The number of carboxylic acids is 1. The zero-order chi connectivity index (χ0) is 15.1. The van der Waals surface area contributed by atoms with Crippen LogP contribution in [0.3, 0.4) is 0 Å². The minimum absolute atomic E-state index is 0.0601. The summed E-state index contributed by atoms with van der Waals surface area (Å²) in [6.07, 6.45) is -4.40. The lowest BCUT2D eigenvalue weighted by molar-refractivity contribution is -0.137. The molecule has 0 aliphatic heterocycles. The molecular formula is C13H11F3N2O2. The average molecular weight is 284 g/mol. The van der Waals surface area contributed by atoms with Gasteiger partial charge in [0, 0.05) is 0 Å². The molecule has 4 nitrogen and oxygen atoms in total. The summed E-state index contributed by atoms with van der Waals surface area (Å²) in [5.74, 6) is -1.11. The van der Waals surface area contributed by atoms with Crippen LogP contribution in [0, 0.1) is 13.8 Å². The molecule has 106 valence electrons. The van der Waals surface area contributed by atoms with E-state index in [4.69, 9.17) is 5.11 Å². The first-order chi connectivity index (χ1) is 9.21. The molecule has 7 heteroatoms. The van der Waals surface area contributed by atoms with E-state index >= 15 is 0 Å². The van der Waals surface area contributed by atoms with Crippen molar-refractivity contribution in [2.75, 3.05) is 0 Å². The predicted octanol–water partition coefficient (Wildman–Crippen LogP) is 3.21. The van der Waals surface area contributed by atoms with Gasteiger partial charge in [0.15, 0.2) is 0 Å². The highest BCUT2D eigenvalue weighted by molar-refractivity contribution is 5.90. The molecule has 0 bridgehead atoms. The Kier molecular flexibility index (Phi) is 3.29. The topological polar surface area (TPSA) is 55.1 Å². The molecule has 2 rings (SSSR count). The van der Waals surface area contributed by atoms with E-state index in [9.17, 15) is 18.0 Å². The lowest BCUT2D eigenvalue weighted by Crippen LogP contribution is -2.06. The van der Waals surface area contributed by atoms with E-state index in [1.165, 1.54) is 23.7 Å². The van der Waals surface area contributed by atoms with Crippen LogP contribution in [0.25, 0.3) is 5.69 Å². The van der Waals surface area contributed by atoms with E-state index in [1.807, 2.05) is 0 Å². The fourth-order valence-electron chi connectivity index (χ4n) is 2.00. The first-order valence-electron chi connectivity index (χ1n) is 5.69. The van der Waals surface area contributed by atoms with E-state index < -0.39 is 17.7 Å². The van der Waals surface area contributed by atoms with Crippen molar-refractivity contribution in [2.24, 2.45) is 0 Å². The van der Waals surface area contributed by atoms with Gasteiger partial charge in [-0.3, -0.25) is 0 Å². The maximum absolute atomic E-state index is 12.5. The van der Waals surface area contributed by atoms with Gasteiger partial charge in [0.05, 0.1) is 22.6 Å². The third kappa shape index (κ3) is 2.38. The van der Waals surface area contributed by atoms with Crippen molar-refractivity contribution < 1.29 is 23.1 Å². The second kappa shape index (κ2) is 4.66. The fourth-order valence-corrected chi connectivity index (χ4v) is 2.00. The molecule has 1 aromatic carbocycles. The summed E-state index contributed by atoms with van der Waals surface area (Å²) in [5, 5.41) is 13.1. The molecule has 0 fully saturated rings. The highest BCUT2D eigenvalue weighted by Gasteiger charge is 2.30. The third-order valence-electron chi connectivity index (χ3n) is 2.94. The van der Waals surface area contributed by atoms with Crippen molar-refractivity contribution in [1.82, 2.24) is 9.78 Å². The summed E-state index contributed by atoms with van der Waals surface area (Å²) in [4.78, 5) is 11.1. The van der Waals surface area contributed by atoms with Gasteiger partial charge in [-0.25, -0.2) is 9.48 Å². The molecular weight excluding hydrogens is 273 g/mol. The van der Waals surface area contributed by atoms with Crippen LogP contribution in [0.2, 0.25) is 0 Å². The number of alkyl halides is 3. The molecule has 0 spiro atoms. The van der Waals surface area contributed by atoms with E-state index in [0.717, 1.165) is 12.1 Å². The molecule has 1 aromatic heterocycles. The number of nitrogens with zero attached hydrogens (tertiary/aromatic N) is 2. The van der Waals surface area contributed by atoms with Gasteiger partial charge in [0.2, 0.25) is 0 Å². The zero-order valence-corrected chi connectivity index (χ0v) is 10.7.